The van der Waals surface area contributed by atoms with E-state index in [0.717, 1.165) is 22.6 Å². The minimum atomic E-state index is -0.780. The smallest absolute Gasteiger partial charge is 0.338 e. The zero-order valence-electron chi connectivity index (χ0n) is 22.8. The van der Waals surface area contributed by atoms with Gasteiger partial charge < -0.3 is 14.4 Å². The van der Waals surface area contributed by atoms with Crippen LogP contribution in [0, 0.1) is 0 Å². The number of anilines is 1. The Hall–Kier alpha value is -4.76. The predicted octanol–water partition coefficient (Wildman–Crippen LogP) is 3.72. The third kappa shape index (κ3) is 4.48. The van der Waals surface area contributed by atoms with Gasteiger partial charge in [0.25, 0.3) is 11.5 Å². The number of hydrogen-bond donors (Lipinski definition) is 0. The highest BCUT2D eigenvalue weighted by Crippen LogP contribution is 2.36. The molecule has 3 aromatic carbocycles. The molecule has 9 heteroatoms. The molecule has 0 unspecified atom stereocenters. The summed E-state index contributed by atoms with van der Waals surface area (Å²) in [4.78, 5) is 48.2. The van der Waals surface area contributed by atoms with Crippen LogP contribution in [0.1, 0.15) is 36.6 Å². The van der Waals surface area contributed by atoms with Gasteiger partial charge in [0, 0.05) is 5.56 Å². The van der Waals surface area contributed by atoms with Gasteiger partial charge in [-0.05, 0) is 43.2 Å². The van der Waals surface area contributed by atoms with Gasteiger partial charge in [0.05, 0.1) is 48.8 Å². The zero-order valence-corrected chi connectivity index (χ0v) is 23.6. The van der Waals surface area contributed by atoms with Crippen LogP contribution in [-0.2, 0) is 20.9 Å². The first-order valence-corrected chi connectivity index (χ1v) is 14.1. The van der Waals surface area contributed by atoms with Crippen LogP contribution < -0.4 is 24.5 Å². The molecular weight excluding hydrogens is 538 g/mol. The number of ether oxygens (including phenoxy) is 2. The second kappa shape index (κ2) is 10.7. The molecule has 8 nitrogen and oxygen atoms in total. The molecule has 0 bridgehead atoms. The number of aromatic nitrogens is 1. The molecule has 2 aliphatic rings. The lowest BCUT2D eigenvalue weighted by Crippen LogP contribution is -2.41. The van der Waals surface area contributed by atoms with E-state index < -0.39 is 12.0 Å². The lowest BCUT2D eigenvalue weighted by atomic mass is 9.96. The van der Waals surface area contributed by atoms with Gasteiger partial charge in [-0.15, -0.1) is 0 Å². The minimum Gasteiger partial charge on any atom is -0.497 e. The van der Waals surface area contributed by atoms with Crippen LogP contribution in [0.15, 0.2) is 99.9 Å². The van der Waals surface area contributed by atoms with Gasteiger partial charge in [-0.1, -0.05) is 72.0 Å². The van der Waals surface area contributed by atoms with Crippen molar-refractivity contribution < 1.29 is 19.1 Å². The van der Waals surface area contributed by atoms with Gasteiger partial charge in [0.1, 0.15) is 10.3 Å². The molecule has 0 saturated carbocycles. The number of nitrogens with zero attached hydrogens (tertiary/aromatic N) is 3. The maximum Gasteiger partial charge on any atom is 0.338 e. The second-order valence-corrected chi connectivity index (χ2v) is 10.6. The summed E-state index contributed by atoms with van der Waals surface area (Å²) in [6.07, 6.45) is 0. The van der Waals surface area contributed by atoms with Crippen molar-refractivity contribution in [1.82, 2.24) is 4.57 Å². The molecule has 2 aliphatic heterocycles. The normalized spacial score (nSPS) is 17.2. The van der Waals surface area contributed by atoms with E-state index in [2.05, 4.69) is 4.99 Å². The van der Waals surface area contributed by atoms with Crippen molar-refractivity contribution in [2.24, 2.45) is 4.99 Å². The van der Waals surface area contributed by atoms with Crippen molar-refractivity contribution in [2.75, 3.05) is 18.6 Å². The Balaban J connectivity index is 1.57. The first kappa shape index (κ1) is 26.5. The number of fused-ring (bicyclic) bond motifs is 2. The van der Waals surface area contributed by atoms with Gasteiger partial charge >= 0.3 is 5.97 Å². The van der Waals surface area contributed by atoms with Crippen molar-refractivity contribution in [3.05, 3.63) is 127 Å². The SMILES string of the molecule is CCOC(=O)C1=C(C)N=c2s/c(=C3\C(=O)N(Cc4ccccc4)c4ccccc43)c(=O)n2[C@H]1c1ccc(OC)cc1. The molecule has 41 heavy (non-hydrogen) atoms. The molecule has 0 radical (unpaired) electrons. The van der Waals surface area contributed by atoms with Crippen molar-refractivity contribution in [1.29, 1.82) is 0 Å². The molecule has 1 aromatic heterocycles. The Kier molecular flexibility index (Phi) is 6.88. The molecule has 0 aliphatic carbocycles. The van der Waals surface area contributed by atoms with Crippen LogP contribution in [0.5, 0.6) is 5.75 Å². The molecule has 1 amide bonds. The number of methoxy groups -OCH3 is 1. The Morgan fingerprint density at radius 2 is 1.68 bits per heavy atom. The maximum absolute atomic E-state index is 14.3. The van der Waals surface area contributed by atoms with E-state index in [1.165, 1.54) is 4.57 Å². The molecule has 0 spiro atoms. The van der Waals surface area contributed by atoms with Gasteiger partial charge in [-0.2, -0.15) is 0 Å². The number of amides is 1. The van der Waals surface area contributed by atoms with Crippen LogP contribution >= 0.6 is 11.3 Å². The largest absolute Gasteiger partial charge is 0.497 e. The summed E-state index contributed by atoms with van der Waals surface area (Å²) >= 11 is 1.16. The monoisotopic (exact) mass is 565 g/mol. The van der Waals surface area contributed by atoms with E-state index >= 15 is 0 Å². The van der Waals surface area contributed by atoms with E-state index in [1.54, 1.807) is 38.0 Å². The minimum absolute atomic E-state index is 0.183. The highest BCUT2D eigenvalue weighted by atomic mass is 32.1. The average molecular weight is 566 g/mol. The maximum atomic E-state index is 14.3. The number of para-hydroxylation sites is 1. The Bertz CT molecular complexity index is 1890. The number of carbonyl (C=O) groups excluding carboxylic acids is 2. The lowest BCUT2D eigenvalue weighted by molar-refractivity contribution is -0.139. The molecule has 0 N–H and O–H groups in total. The van der Waals surface area contributed by atoms with Crippen LogP contribution in [0.3, 0.4) is 0 Å². The van der Waals surface area contributed by atoms with Crippen LogP contribution in [0.2, 0.25) is 0 Å². The second-order valence-electron chi connectivity index (χ2n) is 9.67. The predicted molar refractivity (Wildman–Crippen MR) is 156 cm³/mol. The summed E-state index contributed by atoms with van der Waals surface area (Å²) in [7, 11) is 1.57. The van der Waals surface area contributed by atoms with Gasteiger partial charge in [0.15, 0.2) is 4.80 Å². The summed E-state index contributed by atoms with van der Waals surface area (Å²) in [6, 6.07) is 23.7. The molecule has 3 heterocycles. The van der Waals surface area contributed by atoms with Crippen LogP contribution in [-0.4, -0.2) is 30.2 Å². The highest BCUT2D eigenvalue weighted by molar-refractivity contribution is 7.07. The fraction of sp³-hybridized carbons (Fsp3) is 0.188. The number of thiazole rings is 1. The summed E-state index contributed by atoms with van der Waals surface area (Å²) in [6.45, 7) is 4.03. The van der Waals surface area contributed by atoms with Gasteiger partial charge in [0.2, 0.25) is 0 Å². The van der Waals surface area contributed by atoms with E-state index in [1.807, 2.05) is 66.7 Å². The Morgan fingerprint density at radius 3 is 2.39 bits per heavy atom. The Morgan fingerprint density at radius 1 is 0.976 bits per heavy atom. The number of esters is 1. The zero-order chi connectivity index (χ0) is 28.7. The lowest BCUT2D eigenvalue weighted by Gasteiger charge is -2.24. The van der Waals surface area contributed by atoms with Crippen LogP contribution in [0.4, 0.5) is 5.69 Å². The molecule has 4 aromatic rings. The van der Waals surface area contributed by atoms with E-state index in [-0.39, 0.29) is 28.2 Å². The third-order valence-corrected chi connectivity index (χ3v) is 8.31. The first-order valence-electron chi connectivity index (χ1n) is 13.2. The fourth-order valence-corrected chi connectivity index (χ4v) is 6.50. The average Bonchev–Trinajstić information content (AvgIpc) is 3.45. The van der Waals surface area contributed by atoms with Gasteiger partial charge in [-0.3, -0.25) is 14.2 Å². The summed E-state index contributed by atoms with van der Waals surface area (Å²) in [5.41, 5.74) is 3.82. The number of allylic oxidation sites excluding steroid dienone is 1. The van der Waals surface area contributed by atoms with E-state index in [9.17, 15) is 14.4 Å². The molecule has 206 valence electrons. The number of rotatable bonds is 6. The number of carbonyl (C=O) groups is 2. The number of benzene rings is 3. The van der Waals surface area contributed by atoms with Crippen molar-refractivity contribution in [3.8, 4) is 5.75 Å². The van der Waals surface area contributed by atoms with Crippen LogP contribution in [0.25, 0.3) is 5.57 Å². The quantitative estimate of drug-likeness (QED) is 0.333. The topological polar surface area (TPSA) is 90.2 Å². The fourth-order valence-electron chi connectivity index (χ4n) is 5.37. The van der Waals surface area contributed by atoms with E-state index in [0.29, 0.717) is 39.5 Å². The molecule has 1 atom stereocenters. The summed E-state index contributed by atoms with van der Waals surface area (Å²) in [5.74, 6) is -0.139. The molecule has 6 rings (SSSR count). The third-order valence-electron chi connectivity index (χ3n) is 7.26. The summed E-state index contributed by atoms with van der Waals surface area (Å²) in [5, 5.41) is 0. The summed E-state index contributed by atoms with van der Waals surface area (Å²) < 4.78 is 12.5. The van der Waals surface area contributed by atoms with E-state index in [4.69, 9.17) is 9.47 Å². The highest BCUT2D eigenvalue weighted by Gasteiger charge is 2.37. The van der Waals surface area contributed by atoms with Crippen molar-refractivity contribution in [2.45, 2.75) is 26.4 Å². The Labute approximate surface area is 240 Å². The number of hydrogen-bond acceptors (Lipinski definition) is 7. The van der Waals surface area contributed by atoms with Crippen molar-refractivity contribution in [3.63, 3.8) is 0 Å². The molecule has 0 fully saturated rings. The standard InChI is InChI=1S/C32H27N3O5S/c1-4-40-31(38)25-19(2)33-32-35(27(25)21-14-16-22(39-3)17-15-21)30(37)28(41-32)26-23-12-8-9-13-24(23)34(29(26)36)18-20-10-6-5-7-11-20/h5-17,27H,4,18H2,1-3H3/b28-26-/t27-/m0/s1. The molecular formula is C32H27N3O5S. The first-order chi connectivity index (χ1) is 19.9. The van der Waals surface area contributed by atoms with Crippen molar-refractivity contribution >= 4 is 34.5 Å². The van der Waals surface area contributed by atoms with Gasteiger partial charge in [-0.25, -0.2) is 9.79 Å². The molecule has 0 saturated heterocycles.